The van der Waals surface area contributed by atoms with Crippen LogP contribution in [0, 0.1) is 0 Å². The van der Waals surface area contributed by atoms with Crippen molar-refractivity contribution in [3.05, 3.63) is 59.7 Å². The number of hydrogen-bond donors (Lipinski definition) is 2. The van der Waals surface area contributed by atoms with Gasteiger partial charge in [-0.25, -0.2) is 0 Å². The highest BCUT2D eigenvalue weighted by Gasteiger charge is 2.32. The van der Waals surface area contributed by atoms with Gasteiger partial charge in [0.1, 0.15) is 0 Å². The topological polar surface area (TPSA) is 76.8 Å². The third-order valence-corrected chi connectivity index (χ3v) is 5.40. The number of ether oxygens (including phenoxy) is 2. The minimum absolute atomic E-state index is 0.00809. The molecule has 6 nitrogen and oxygen atoms in total. The SMILES string of the molecule is CCOc1ccc(C(C)NC(=O)CN2C[C@@H](N)[C@H](c3ccccc3)C2)cc1OC. The molecule has 29 heavy (non-hydrogen) atoms. The molecule has 0 spiro atoms. The lowest BCUT2D eigenvalue weighted by atomic mass is 9.95. The molecule has 2 aromatic rings. The van der Waals surface area contributed by atoms with E-state index in [4.69, 9.17) is 15.2 Å². The van der Waals surface area contributed by atoms with E-state index in [2.05, 4.69) is 22.3 Å². The summed E-state index contributed by atoms with van der Waals surface area (Å²) < 4.78 is 11.0. The predicted octanol–water partition coefficient (Wildman–Crippen LogP) is 2.70. The fourth-order valence-electron chi connectivity index (χ4n) is 3.90. The second-order valence-corrected chi connectivity index (χ2v) is 7.51. The molecule has 1 aliphatic rings. The second-order valence-electron chi connectivity index (χ2n) is 7.51. The lowest BCUT2D eigenvalue weighted by Gasteiger charge is -2.20. The summed E-state index contributed by atoms with van der Waals surface area (Å²) in [5, 5.41) is 3.08. The zero-order valence-electron chi connectivity index (χ0n) is 17.4. The summed E-state index contributed by atoms with van der Waals surface area (Å²) >= 11 is 0. The smallest absolute Gasteiger partial charge is 0.234 e. The van der Waals surface area contributed by atoms with Gasteiger partial charge in [0.25, 0.3) is 0 Å². The standard InChI is InChI=1S/C23H31N3O3/c1-4-29-21-11-10-18(12-22(21)28-3)16(2)25-23(27)15-26-13-19(20(24)14-26)17-8-6-5-7-9-17/h5-12,16,19-20H,4,13-15,24H2,1-3H3,(H,25,27)/t16?,19-,20+/m0/s1. The molecule has 3 atom stereocenters. The quantitative estimate of drug-likeness (QED) is 0.716. The summed E-state index contributed by atoms with van der Waals surface area (Å²) in [5.41, 5.74) is 8.55. The van der Waals surface area contributed by atoms with Gasteiger partial charge in [0, 0.05) is 25.0 Å². The van der Waals surface area contributed by atoms with Gasteiger partial charge in [0.05, 0.1) is 26.3 Å². The second kappa shape index (κ2) is 9.76. The van der Waals surface area contributed by atoms with E-state index in [9.17, 15) is 4.79 Å². The van der Waals surface area contributed by atoms with Gasteiger partial charge in [-0.15, -0.1) is 0 Å². The number of likely N-dealkylation sites (tertiary alicyclic amines) is 1. The molecule has 0 aliphatic carbocycles. The van der Waals surface area contributed by atoms with Crippen molar-refractivity contribution in [3.63, 3.8) is 0 Å². The fourth-order valence-corrected chi connectivity index (χ4v) is 3.90. The number of methoxy groups -OCH3 is 1. The van der Waals surface area contributed by atoms with Crippen LogP contribution in [0.5, 0.6) is 11.5 Å². The van der Waals surface area contributed by atoms with Gasteiger partial charge in [-0.1, -0.05) is 36.4 Å². The van der Waals surface area contributed by atoms with Gasteiger partial charge in [0.15, 0.2) is 11.5 Å². The molecular formula is C23H31N3O3. The molecule has 3 rings (SSSR count). The third-order valence-electron chi connectivity index (χ3n) is 5.40. The lowest BCUT2D eigenvalue weighted by molar-refractivity contribution is -0.122. The number of carbonyl (C=O) groups excluding carboxylic acids is 1. The molecule has 156 valence electrons. The Hall–Kier alpha value is -2.57. The number of benzene rings is 2. The number of nitrogens with two attached hydrogens (primary N) is 1. The van der Waals surface area contributed by atoms with Crippen LogP contribution < -0.4 is 20.5 Å². The monoisotopic (exact) mass is 397 g/mol. The van der Waals surface area contributed by atoms with E-state index in [0.717, 1.165) is 18.7 Å². The van der Waals surface area contributed by atoms with E-state index in [1.165, 1.54) is 5.56 Å². The van der Waals surface area contributed by atoms with Crippen LogP contribution in [0.2, 0.25) is 0 Å². The number of carbonyl (C=O) groups is 1. The number of amides is 1. The van der Waals surface area contributed by atoms with Crippen molar-refractivity contribution in [1.29, 1.82) is 0 Å². The zero-order chi connectivity index (χ0) is 20.8. The van der Waals surface area contributed by atoms with Gasteiger partial charge >= 0.3 is 0 Å². The van der Waals surface area contributed by atoms with Crippen LogP contribution in [0.25, 0.3) is 0 Å². The van der Waals surface area contributed by atoms with Crippen LogP contribution in [0.4, 0.5) is 0 Å². The fraction of sp³-hybridized carbons (Fsp3) is 0.435. The van der Waals surface area contributed by atoms with Crippen molar-refractivity contribution in [2.45, 2.75) is 31.8 Å². The first kappa shape index (κ1) is 21.1. The maximum absolute atomic E-state index is 12.6. The molecule has 1 amide bonds. The Labute approximate surface area is 173 Å². The first-order valence-corrected chi connectivity index (χ1v) is 10.1. The summed E-state index contributed by atoms with van der Waals surface area (Å²) in [7, 11) is 1.62. The predicted molar refractivity (Wildman–Crippen MR) is 114 cm³/mol. The Kier molecular flexibility index (Phi) is 7.12. The summed E-state index contributed by atoms with van der Waals surface area (Å²) in [5.74, 6) is 1.63. The maximum atomic E-state index is 12.6. The minimum atomic E-state index is -0.131. The lowest BCUT2D eigenvalue weighted by Crippen LogP contribution is -2.38. The summed E-state index contributed by atoms with van der Waals surface area (Å²) in [6.07, 6.45) is 0. The van der Waals surface area contributed by atoms with Crippen molar-refractivity contribution in [2.75, 3.05) is 33.4 Å². The molecule has 0 aromatic heterocycles. The van der Waals surface area contributed by atoms with E-state index in [1.54, 1.807) is 7.11 Å². The summed E-state index contributed by atoms with van der Waals surface area (Å²) in [6.45, 7) is 6.33. The van der Waals surface area contributed by atoms with Gasteiger partial charge in [0.2, 0.25) is 5.91 Å². The van der Waals surface area contributed by atoms with Crippen LogP contribution in [0.3, 0.4) is 0 Å². The van der Waals surface area contributed by atoms with Crippen molar-refractivity contribution >= 4 is 5.91 Å². The van der Waals surface area contributed by atoms with E-state index < -0.39 is 0 Å². The van der Waals surface area contributed by atoms with Gasteiger partial charge < -0.3 is 20.5 Å². The molecule has 6 heteroatoms. The average Bonchev–Trinajstić information content (AvgIpc) is 3.08. The molecule has 0 radical (unpaired) electrons. The highest BCUT2D eigenvalue weighted by molar-refractivity contribution is 5.78. The van der Waals surface area contributed by atoms with Crippen LogP contribution in [-0.4, -0.2) is 50.2 Å². The van der Waals surface area contributed by atoms with Gasteiger partial charge in [-0.3, -0.25) is 9.69 Å². The number of hydrogen-bond acceptors (Lipinski definition) is 5. The Morgan fingerprint density at radius 1 is 1.21 bits per heavy atom. The molecule has 0 bridgehead atoms. The molecule has 1 heterocycles. The Balaban J connectivity index is 1.57. The van der Waals surface area contributed by atoms with Crippen LogP contribution in [0.1, 0.15) is 36.9 Å². The highest BCUT2D eigenvalue weighted by Crippen LogP contribution is 2.30. The molecule has 3 N–H and O–H groups in total. The average molecular weight is 398 g/mol. The number of rotatable bonds is 8. The molecular weight excluding hydrogens is 366 g/mol. The Morgan fingerprint density at radius 3 is 2.66 bits per heavy atom. The number of nitrogens with zero attached hydrogens (tertiary/aromatic N) is 1. The molecule has 1 saturated heterocycles. The summed E-state index contributed by atoms with van der Waals surface area (Å²) in [6, 6.07) is 15.9. The van der Waals surface area contributed by atoms with Gasteiger partial charge in [-0.05, 0) is 37.1 Å². The molecule has 0 saturated carbocycles. The molecule has 1 unspecified atom stereocenters. The first-order chi connectivity index (χ1) is 14.0. The number of nitrogens with one attached hydrogen (secondary N) is 1. The van der Waals surface area contributed by atoms with Crippen LogP contribution >= 0.6 is 0 Å². The van der Waals surface area contributed by atoms with E-state index in [0.29, 0.717) is 24.7 Å². The van der Waals surface area contributed by atoms with E-state index in [1.807, 2.05) is 50.2 Å². The van der Waals surface area contributed by atoms with Crippen molar-refractivity contribution < 1.29 is 14.3 Å². The maximum Gasteiger partial charge on any atom is 0.234 e. The Bertz CT molecular complexity index is 812. The highest BCUT2D eigenvalue weighted by atomic mass is 16.5. The van der Waals surface area contributed by atoms with Crippen LogP contribution in [-0.2, 0) is 4.79 Å². The molecule has 1 aliphatic heterocycles. The molecule has 2 aromatic carbocycles. The van der Waals surface area contributed by atoms with Crippen molar-refractivity contribution in [3.8, 4) is 11.5 Å². The minimum Gasteiger partial charge on any atom is -0.493 e. The van der Waals surface area contributed by atoms with E-state index >= 15 is 0 Å². The Morgan fingerprint density at radius 2 is 1.97 bits per heavy atom. The van der Waals surface area contributed by atoms with Gasteiger partial charge in [-0.2, -0.15) is 0 Å². The largest absolute Gasteiger partial charge is 0.493 e. The van der Waals surface area contributed by atoms with Crippen LogP contribution in [0.15, 0.2) is 48.5 Å². The zero-order valence-corrected chi connectivity index (χ0v) is 17.4. The van der Waals surface area contributed by atoms with E-state index in [-0.39, 0.29) is 23.9 Å². The van der Waals surface area contributed by atoms with Crippen molar-refractivity contribution in [1.82, 2.24) is 10.2 Å². The first-order valence-electron chi connectivity index (χ1n) is 10.1. The molecule has 1 fully saturated rings. The normalized spacial score (nSPS) is 20.3. The van der Waals surface area contributed by atoms with Crippen molar-refractivity contribution in [2.24, 2.45) is 5.73 Å². The summed E-state index contributed by atoms with van der Waals surface area (Å²) in [4.78, 5) is 14.7. The third kappa shape index (κ3) is 5.28.